The molecule has 5 nitrogen and oxygen atoms in total. The van der Waals surface area contributed by atoms with Crippen LogP contribution in [0.15, 0.2) is 206 Å². The minimum Gasteiger partial charge on any atom is -0.464 e. The second kappa shape index (κ2) is 14.3. The van der Waals surface area contributed by atoms with Crippen molar-refractivity contribution in [2.24, 2.45) is 0 Å². The molecule has 0 spiro atoms. The number of hydrogen-bond donors (Lipinski definition) is 1. The molecule has 1 aliphatic rings. The number of nitrogens with zero attached hydrogens (tertiary/aromatic N) is 3. The molecule has 12 rings (SSSR count). The Morgan fingerprint density at radius 1 is 0.344 bits per heavy atom. The summed E-state index contributed by atoms with van der Waals surface area (Å²) >= 11 is 0. The molecule has 0 bridgehead atoms. The van der Waals surface area contributed by atoms with Crippen molar-refractivity contribution >= 4 is 48.8 Å². The molecular weight excluding hydrogens is 745 g/mol. The maximum atomic E-state index is 6.64. The van der Waals surface area contributed by atoms with E-state index >= 15 is 0 Å². The first-order chi connectivity index (χ1) is 30.2. The Hall–Kier alpha value is -8.15. The number of fused-ring (bicyclic) bond motifs is 8. The van der Waals surface area contributed by atoms with Crippen molar-refractivity contribution in [3.8, 4) is 62.2 Å². The first kappa shape index (κ1) is 34.9. The number of benzene rings is 10. The molecule has 1 unspecified atom stereocenters. The Labute approximate surface area is 352 Å². The second-order valence-electron chi connectivity index (χ2n) is 15.6. The fraction of sp³-hybridized carbons (Fsp3) is 0.0179. The molecule has 0 radical (unpaired) electrons. The van der Waals surface area contributed by atoms with E-state index < -0.39 is 0 Å². The Kier molecular flexibility index (Phi) is 8.17. The minimum atomic E-state index is -0.265. The molecular formula is C56H36N4O. The average molecular weight is 781 g/mol. The molecule has 1 aromatic heterocycles. The predicted octanol–water partition coefficient (Wildman–Crippen LogP) is 14.3. The van der Waals surface area contributed by atoms with E-state index in [1.165, 1.54) is 27.1 Å². The van der Waals surface area contributed by atoms with Gasteiger partial charge in [-0.05, 0) is 60.6 Å². The van der Waals surface area contributed by atoms with E-state index in [2.05, 4.69) is 193 Å². The number of hydrogen-bond acceptors (Lipinski definition) is 5. The molecule has 0 saturated carbocycles. The Morgan fingerprint density at radius 3 is 1.52 bits per heavy atom. The van der Waals surface area contributed by atoms with Gasteiger partial charge >= 0.3 is 0 Å². The van der Waals surface area contributed by atoms with Crippen LogP contribution in [0.4, 0.5) is 5.69 Å². The third-order valence-corrected chi connectivity index (χ3v) is 12.0. The van der Waals surface area contributed by atoms with Crippen LogP contribution in [0, 0.1) is 0 Å². The number of rotatable bonds is 6. The summed E-state index contributed by atoms with van der Waals surface area (Å²) in [5.41, 5.74) is 9.46. The second-order valence-corrected chi connectivity index (χ2v) is 15.6. The monoisotopic (exact) mass is 780 g/mol. The molecule has 1 aliphatic heterocycles. The summed E-state index contributed by atoms with van der Waals surface area (Å²) in [5, 5.41) is 13.0. The molecule has 0 amide bonds. The molecule has 5 heteroatoms. The first-order valence-electron chi connectivity index (χ1n) is 20.6. The highest BCUT2D eigenvalue weighted by Crippen LogP contribution is 2.49. The van der Waals surface area contributed by atoms with Crippen molar-refractivity contribution in [2.45, 2.75) is 6.23 Å². The van der Waals surface area contributed by atoms with Crippen LogP contribution in [0.1, 0.15) is 11.8 Å². The van der Waals surface area contributed by atoms with Crippen LogP contribution >= 0.6 is 0 Å². The Morgan fingerprint density at radius 2 is 0.836 bits per heavy atom. The predicted molar refractivity (Wildman–Crippen MR) is 250 cm³/mol. The third-order valence-electron chi connectivity index (χ3n) is 12.0. The largest absolute Gasteiger partial charge is 0.464 e. The lowest BCUT2D eigenvalue weighted by atomic mass is 9.95. The van der Waals surface area contributed by atoms with Gasteiger partial charge in [-0.3, -0.25) is 0 Å². The van der Waals surface area contributed by atoms with Crippen molar-refractivity contribution < 1.29 is 4.74 Å². The van der Waals surface area contributed by atoms with Crippen molar-refractivity contribution in [1.82, 2.24) is 15.0 Å². The Balaban J connectivity index is 0.940. The SMILES string of the molecule is c1ccc(C2Nc3c(c4ccccc4c4ccc(-c5ccc(-c6nc(-c7ccc(-c8cccc9ccccc89)cc7)nc(-c7cccc8ccccc78)n6)cc5)cc34)O2)cc1. The van der Waals surface area contributed by atoms with Crippen LogP contribution in [-0.2, 0) is 0 Å². The molecule has 61 heavy (non-hydrogen) atoms. The van der Waals surface area contributed by atoms with Crippen molar-refractivity contribution in [2.75, 3.05) is 5.32 Å². The number of ether oxygens (including phenoxy) is 1. The van der Waals surface area contributed by atoms with Crippen LogP contribution in [0.2, 0.25) is 0 Å². The number of anilines is 1. The van der Waals surface area contributed by atoms with Crippen molar-refractivity contribution in [3.05, 3.63) is 212 Å². The average Bonchev–Trinajstić information content (AvgIpc) is 3.80. The summed E-state index contributed by atoms with van der Waals surface area (Å²) in [5.74, 6) is 2.77. The lowest BCUT2D eigenvalue weighted by Crippen LogP contribution is -2.09. The lowest BCUT2D eigenvalue weighted by molar-refractivity contribution is 0.262. The van der Waals surface area contributed by atoms with Gasteiger partial charge in [0.05, 0.1) is 5.69 Å². The van der Waals surface area contributed by atoms with Crippen LogP contribution in [-0.4, -0.2) is 15.0 Å². The summed E-state index contributed by atoms with van der Waals surface area (Å²) in [7, 11) is 0. The topological polar surface area (TPSA) is 59.9 Å². The van der Waals surface area contributed by atoms with Gasteiger partial charge in [0.15, 0.2) is 29.5 Å². The van der Waals surface area contributed by atoms with E-state index in [-0.39, 0.29) is 6.23 Å². The van der Waals surface area contributed by atoms with Gasteiger partial charge in [0.2, 0.25) is 0 Å². The molecule has 0 fully saturated rings. The summed E-state index contributed by atoms with van der Waals surface area (Å²) in [6, 6.07) is 72.3. The molecule has 286 valence electrons. The van der Waals surface area contributed by atoms with Gasteiger partial charge < -0.3 is 10.1 Å². The summed E-state index contributed by atoms with van der Waals surface area (Å²) in [6.07, 6.45) is -0.265. The van der Waals surface area contributed by atoms with E-state index in [0.717, 1.165) is 71.9 Å². The van der Waals surface area contributed by atoms with Gasteiger partial charge in [-0.2, -0.15) is 0 Å². The van der Waals surface area contributed by atoms with Gasteiger partial charge in [0.25, 0.3) is 0 Å². The van der Waals surface area contributed by atoms with Gasteiger partial charge in [-0.15, -0.1) is 0 Å². The lowest BCUT2D eigenvalue weighted by Gasteiger charge is -2.13. The fourth-order valence-corrected chi connectivity index (χ4v) is 8.92. The van der Waals surface area contributed by atoms with E-state index in [4.69, 9.17) is 19.7 Å². The highest BCUT2D eigenvalue weighted by molar-refractivity contribution is 6.18. The van der Waals surface area contributed by atoms with Gasteiger partial charge in [0, 0.05) is 33.0 Å². The van der Waals surface area contributed by atoms with Crippen LogP contribution in [0.3, 0.4) is 0 Å². The normalized spacial score (nSPS) is 13.3. The van der Waals surface area contributed by atoms with Gasteiger partial charge in [0.1, 0.15) is 0 Å². The highest BCUT2D eigenvalue weighted by atomic mass is 16.5. The number of aromatic nitrogens is 3. The van der Waals surface area contributed by atoms with E-state index in [1.807, 2.05) is 18.2 Å². The zero-order valence-corrected chi connectivity index (χ0v) is 33.0. The molecule has 2 heterocycles. The molecule has 10 aromatic carbocycles. The zero-order chi connectivity index (χ0) is 40.3. The molecule has 0 aliphatic carbocycles. The summed E-state index contributed by atoms with van der Waals surface area (Å²) < 4.78 is 6.64. The van der Waals surface area contributed by atoms with Gasteiger partial charge in [-0.25, -0.2) is 15.0 Å². The quantitative estimate of drug-likeness (QED) is 0.170. The number of nitrogens with one attached hydrogen (secondary N) is 1. The maximum absolute atomic E-state index is 6.64. The van der Waals surface area contributed by atoms with Crippen LogP contribution < -0.4 is 10.1 Å². The standard InChI is InChI=1S/C56H36N4O/c1-2-14-41(15-3-1)56-57-51-50-34-42(32-33-47(50)46-20-8-9-21-48(46)52(51)61-56)35-24-28-39(29-25-35)53-58-54(60-55(59-53)49-23-11-17-37-13-5-7-19-45(37)49)40-30-26-38(27-31-40)44-22-10-16-36-12-4-6-18-43(36)44/h1-34,56-57H. The van der Waals surface area contributed by atoms with E-state index in [1.54, 1.807) is 0 Å². The van der Waals surface area contributed by atoms with Crippen molar-refractivity contribution in [1.29, 1.82) is 0 Å². The summed E-state index contributed by atoms with van der Waals surface area (Å²) in [6.45, 7) is 0. The van der Waals surface area contributed by atoms with Crippen molar-refractivity contribution in [3.63, 3.8) is 0 Å². The molecule has 0 saturated heterocycles. The zero-order valence-electron chi connectivity index (χ0n) is 33.0. The molecule has 11 aromatic rings. The van der Waals surface area contributed by atoms with E-state index in [9.17, 15) is 0 Å². The molecule has 1 atom stereocenters. The molecule has 1 N–H and O–H groups in total. The van der Waals surface area contributed by atoms with Crippen LogP contribution in [0.25, 0.3) is 99.5 Å². The highest BCUT2D eigenvalue weighted by Gasteiger charge is 2.28. The summed E-state index contributed by atoms with van der Waals surface area (Å²) in [4.78, 5) is 15.4. The Bertz CT molecular complexity index is 3460. The smallest absolute Gasteiger partial charge is 0.196 e. The minimum absolute atomic E-state index is 0.265. The van der Waals surface area contributed by atoms with Gasteiger partial charge in [-0.1, -0.05) is 200 Å². The van der Waals surface area contributed by atoms with E-state index in [0.29, 0.717) is 17.5 Å². The third kappa shape index (κ3) is 6.06. The fourth-order valence-electron chi connectivity index (χ4n) is 8.92. The van der Waals surface area contributed by atoms with Crippen LogP contribution in [0.5, 0.6) is 5.75 Å². The first-order valence-corrected chi connectivity index (χ1v) is 20.6. The maximum Gasteiger partial charge on any atom is 0.196 e.